The highest BCUT2D eigenvalue weighted by Crippen LogP contribution is 2.27. The van der Waals surface area contributed by atoms with E-state index in [0.29, 0.717) is 11.7 Å². The van der Waals surface area contributed by atoms with Gasteiger partial charge in [0.15, 0.2) is 0 Å². The van der Waals surface area contributed by atoms with Crippen LogP contribution in [-0.2, 0) is 0 Å². The third-order valence-electron chi connectivity index (χ3n) is 2.24. The predicted octanol–water partition coefficient (Wildman–Crippen LogP) is 0.199. The number of rotatable bonds is 2. The molecule has 2 heterocycles. The van der Waals surface area contributed by atoms with Crippen LogP contribution >= 0.6 is 11.3 Å². The molecule has 2 rings (SSSR count). The lowest BCUT2D eigenvalue weighted by Crippen LogP contribution is -2.16. The lowest BCUT2D eigenvalue weighted by atomic mass is 10.0. The van der Waals surface area contributed by atoms with E-state index in [1.807, 2.05) is 5.38 Å². The second kappa shape index (κ2) is 3.61. The zero-order valence-electron chi connectivity index (χ0n) is 7.36. The van der Waals surface area contributed by atoms with Crippen molar-refractivity contribution in [3.8, 4) is 5.19 Å². The molecule has 0 spiro atoms. The lowest BCUT2D eigenvalue weighted by molar-refractivity contribution is 0.176. The van der Waals surface area contributed by atoms with Crippen molar-refractivity contribution in [3.63, 3.8) is 0 Å². The molecule has 0 bridgehead atoms. The fourth-order valence-electron chi connectivity index (χ4n) is 1.50. The third kappa shape index (κ3) is 1.67. The molecule has 0 aliphatic carbocycles. The molecule has 0 amide bonds. The molecule has 1 aromatic heterocycles. The van der Waals surface area contributed by atoms with E-state index >= 15 is 0 Å². The van der Waals surface area contributed by atoms with Crippen molar-refractivity contribution >= 4 is 11.3 Å². The first kappa shape index (κ1) is 8.93. The summed E-state index contributed by atoms with van der Waals surface area (Å²) in [6.07, 6.45) is -0.313. The van der Waals surface area contributed by atoms with Crippen molar-refractivity contribution in [1.29, 1.82) is 0 Å². The number of methoxy groups -OCH3 is 1. The molecule has 2 unspecified atom stereocenters. The Morgan fingerprint density at radius 3 is 3.08 bits per heavy atom. The summed E-state index contributed by atoms with van der Waals surface area (Å²) >= 11 is 1.47. The summed E-state index contributed by atoms with van der Waals surface area (Å²) in [7, 11) is 1.60. The Morgan fingerprint density at radius 2 is 2.54 bits per heavy atom. The third-order valence-corrected chi connectivity index (χ3v) is 3.06. The van der Waals surface area contributed by atoms with Crippen molar-refractivity contribution in [2.75, 3.05) is 20.2 Å². The van der Waals surface area contributed by atoms with Crippen LogP contribution in [-0.4, -0.2) is 36.4 Å². The van der Waals surface area contributed by atoms with Crippen molar-refractivity contribution < 1.29 is 9.84 Å². The SMILES string of the molecule is COc1nc(C2CNCC2O)cs1. The second-order valence-electron chi connectivity index (χ2n) is 3.07. The Bertz CT molecular complexity index is 289. The fraction of sp³-hybridized carbons (Fsp3) is 0.625. The maximum absolute atomic E-state index is 9.59. The molecule has 1 aliphatic rings. The van der Waals surface area contributed by atoms with Crippen molar-refractivity contribution in [1.82, 2.24) is 10.3 Å². The zero-order valence-corrected chi connectivity index (χ0v) is 8.17. The van der Waals surface area contributed by atoms with Crippen molar-refractivity contribution in [2.45, 2.75) is 12.0 Å². The molecule has 5 heteroatoms. The molecule has 1 fully saturated rings. The summed E-state index contributed by atoms with van der Waals surface area (Å²) in [6, 6.07) is 0. The van der Waals surface area contributed by atoms with E-state index in [1.54, 1.807) is 7.11 Å². The Balaban J connectivity index is 2.15. The predicted molar refractivity (Wildman–Crippen MR) is 50.3 cm³/mol. The number of ether oxygens (including phenoxy) is 1. The molecular weight excluding hydrogens is 188 g/mol. The average Bonchev–Trinajstić information content (AvgIpc) is 2.71. The zero-order chi connectivity index (χ0) is 9.26. The number of nitrogens with zero attached hydrogens (tertiary/aromatic N) is 1. The summed E-state index contributed by atoms with van der Waals surface area (Å²) in [5, 5.41) is 15.3. The molecule has 0 aromatic carbocycles. The van der Waals surface area contributed by atoms with Gasteiger partial charge in [-0.25, -0.2) is 4.98 Å². The standard InChI is InChI=1S/C8H12N2O2S/c1-12-8-10-6(4-13-8)5-2-9-3-7(5)11/h4-5,7,9,11H,2-3H2,1H3. The highest BCUT2D eigenvalue weighted by molar-refractivity contribution is 7.11. The minimum absolute atomic E-state index is 0.125. The number of aliphatic hydroxyl groups is 1. The Hall–Kier alpha value is -0.650. The highest BCUT2D eigenvalue weighted by Gasteiger charge is 2.28. The number of nitrogens with one attached hydrogen (secondary N) is 1. The maximum atomic E-state index is 9.59. The summed E-state index contributed by atoms with van der Waals surface area (Å²) in [6.45, 7) is 1.46. The van der Waals surface area contributed by atoms with Crippen LogP contribution in [0.4, 0.5) is 0 Å². The van der Waals surface area contributed by atoms with Crippen LogP contribution in [0.15, 0.2) is 5.38 Å². The number of β-amino-alcohol motifs (C(OH)–C–C–N with tert-alkyl or cyclic N) is 1. The maximum Gasteiger partial charge on any atom is 0.273 e. The molecule has 2 N–H and O–H groups in total. The van der Waals surface area contributed by atoms with E-state index in [0.717, 1.165) is 12.2 Å². The Morgan fingerprint density at radius 1 is 1.69 bits per heavy atom. The van der Waals surface area contributed by atoms with E-state index in [2.05, 4.69) is 10.3 Å². The van der Waals surface area contributed by atoms with Crippen molar-refractivity contribution in [3.05, 3.63) is 11.1 Å². The number of thiazole rings is 1. The van der Waals surface area contributed by atoms with Gasteiger partial charge in [0.25, 0.3) is 5.19 Å². The van der Waals surface area contributed by atoms with E-state index in [4.69, 9.17) is 4.74 Å². The molecule has 1 aromatic rings. The highest BCUT2D eigenvalue weighted by atomic mass is 32.1. The van der Waals surface area contributed by atoms with Gasteiger partial charge in [0.1, 0.15) is 0 Å². The van der Waals surface area contributed by atoms with Crippen LogP contribution < -0.4 is 10.1 Å². The number of aromatic nitrogens is 1. The van der Waals surface area contributed by atoms with Crippen LogP contribution in [0.2, 0.25) is 0 Å². The largest absolute Gasteiger partial charge is 0.473 e. The number of aliphatic hydroxyl groups excluding tert-OH is 1. The molecule has 0 saturated carbocycles. The molecule has 2 atom stereocenters. The molecule has 1 saturated heterocycles. The fourth-order valence-corrected chi connectivity index (χ4v) is 2.20. The number of hydrogen-bond acceptors (Lipinski definition) is 5. The Labute approximate surface area is 80.6 Å². The molecule has 0 radical (unpaired) electrons. The lowest BCUT2D eigenvalue weighted by Gasteiger charge is -2.08. The Kier molecular flexibility index (Phi) is 2.48. The minimum atomic E-state index is -0.313. The van der Waals surface area contributed by atoms with Crippen molar-refractivity contribution in [2.24, 2.45) is 0 Å². The van der Waals surface area contributed by atoms with Crippen LogP contribution in [0, 0.1) is 0 Å². The van der Waals surface area contributed by atoms with E-state index in [-0.39, 0.29) is 12.0 Å². The van der Waals surface area contributed by atoms with E-state index in [9.17, 15) is 5.11 Å². The first-order chi connectivity index (χ1) is 6.31. The van der Waals surface area contributed by atoms with Crippen LogP contribution in [0.1, 0.15) is 11.6 Å². The first-order valence-electron chi connectivity index (χ1n) is 4.19. The molecular formula is C8H12N2O2S. The normalized spacial score (nSPS) is 27.8. The van der Waals surface area contributed by atoms with E-state index in [1.165, 1.54) is 11.3 Å². The molecule has 4 nitrogen and oxygen atoms in total. The van der Waals surface area contributed by atoms with Gasteiger partial charge < -0.3 is 15.2 Å². The van der Waals surface area contributed by atoms with Gasteiger partial charge in [-0.15, -0.1) is 0 Å². The van der Waals surface area contributed by atoms with Gasteiger partial charge in [-0.3, -0.25) is 0 Å². The quantitative estimate of drug-likeness (QED) is 0.716. The topological polar surface area (TPSA) is 54.4 Å². The molecule has 72 valence electrons. The van der Waals surface area contributed by atoms with Gasteiger partial charge in [0.2, 0.25) is 0 Å². The monoisotopic (exact) mass is 200 g/mol. The van der Waals surface area contributed by atoms with E-state index < -0.39 is 0 Å². The summed E-state index contributed by atoms with van der Waals surface area (Å²) in [5.41, 5.74) is 0.930. The van der Waals surface area contributed by atoms with Crippen LogP contribution in [0.5, 0.6) is 5.19 Å². The van der Waals surface area contributed by atoms with Gasteiger partial charge in [0.05, 0.1) is 18.9 Å². The average molecular weight is 200 g/mol. The summed E-state index contributed by atoms with van der Waals surface area (Å²) < 4.78 is 5.00. The summed E-state index contributed by atoms with van der Waals surface area (Å²) in [4.78, 5) is 4.26. The summed E-state index contributed by atoms with van der Waals surface area (Å²) in [5.74, 6) is 0.125. The molecule has 1 aliphatic heterocycles. The first-order valence-corrected chi connectivity index (χ1v) is 5.07. The minimum Gasteiger partial charge on any atom is -0.473 e. The van der Waals surface area contributed by atoms with Gasteiger partial charge in [-0.2, -0.15) is 0 Å². The number of hydrogen-bond donors (Lipinski definition) is 2. The second-order valence-corrected chi connectivity index (χ2v) is 3.90. The van der Waals surface area contributed by atoms with Gasteiger partial charge in [0, 0.05) is 24.4 Å². The van der Waals surface area contributed by atoms with Gasteiger partial charge in [-0.05, 0) is 0 Å². The van der Waals surface area contributed by atoms with Crippen LogP contribution in [0.3, 0.4) is 0 Å². The van der Waals surface area contributed by atoms with Crippen LogP contribution in [0.25, 0.3) is 0 Å². The molecule has 13 heavy (non-hydrogen) atoms. The smallest absolute Gasteiger partial charge is 0.273 e. The van der Waals surface area contributed by atoms with Gasteiger partial charge in [-0.1, -0.05) is 11.3 Å². The van der Waals surface area contributed by atoms with Gasteiger partial charge >= 0.3 is 0 Å².